The Kier molecular flexibility index (Phi) is 6.86. The fraction of sp³-hybridized carbons (Fsp3) is 0.333. The lowest BCUT2D eigenvalue weighted by Gasteiger charge is -2.48. The third-order valence-electron chi connectivity index (χ3n) is 12.7. The Morgan fingerprint density at radius 1 is 0.551 bits per heavy atom. The van der Waals surface area contributed by atoms with Crippen molar-refractivity contribution in [2.75, 3.05) is 9.80 Å². The summed E-state index contributed by atoms with van der Waals surface area (Å²) >= 11 is 0. The van der Waals surface area contributed by atoms with E-state index < -0.39 is 8.07 Å². The van der Waals surface area contributed by atoms with Crippen LogP contribution in [0, 0.1) is 0 Å². The number of rotatable bonds is 3. The second-order valence-corrected chi connectivity index (χ2v) is 21.5. The predicted octanol–water partition coefficient (Wildman–Crippen LogP) is 8.82. The molecule has 0 saturated heterocycles. The van der Waals surface area contributed by atoms with E-state index in [4.69, 9.17) is 0 Å². The lowest BCUT2D eigenvalue weighted by Crippen LogP contribution is -2.64. The van der Waals surface area contributed by atoms with Gasteiger partial charge in [0.2, 0.25) is 0 Å². The van der Waals surface area contributed by atoms with E-state index >= 15 is 0 Å². The van der Waals surface area contributed by atoms with Crippen molar-refractivity contribution in [2.24, 2.45) is 0 Å². The van der Waals surface area contributed by atoms with E-state index in [1.165, 1.54) is 121 Å². The molecule has 0 aromatic heterocycles. The Balaban J connectivity index is 1.30. The SMILES string of the molecule is C[Si](C)(C)c1ccc2c(c1)B1c3c(cccc3N2C2CCCc3ccccc32)N(c2cccc3c2CCCC3)c2ccc3c(c21)CCCC3. The number of hydrogen-bond acceptors (Lipinski definition) is 2. The van der Waals surface area contributed by atoms with Crippen molar-refractivity contribution < 1.29 is 0 Å². The average molecular weight is 655 g/mol. The van der Waals surface area contributed by atoms with Crippen LogP contribution in [0.15, 0.2) is 91.0 Å². The minimum atomic E-state index is -1.57. The molecule has 0 radical (unpaired) electrons. The van der Waals surface area contributed by atoms with Crippen molar-refractivity contribution >= 4 is 64.8 Å². The van der Waals surface area contributed by atoms with Gasteiger partial charge < -0.3 is 9.80 Å². The lowest BCUT2D eigenvalue weighted by molar-refractivity contribution is 0.559. The Morgan fingerprint density at radius 2 is 1.20 bits per heavy atom. The van der Waals surface area contributed by atoms with E-state index in [0.29, 0.717) is 6.04 Å². The summed E-state index contributed by atoms with van der Waals surface area (Å²) in [6.07, 6.45) is 13.6. The van der Waals surface area contributed by atoms with Crippen molar-refractivity contribution in [3.8, 4) is 0 Å². The summed E-state index contributed by atoms with van der Waals surface area (Å²) in [5.74, 6) is 0. The summed E-state index contributed by atoms with van der Waals surface area (Å²) in [6, 6.07) is 36.8. The number of hydrogen-bond donors (Lipinski definition) is 0. The molecule has 0 N–H and O–H groups in total. The zero-order valence-electron chi connectivity index (χ0n) is 29.5. The lowest BCUT2D eigenvalue weighted by atomic mass is 9.32. The zero-order chi connectivity index (χ0) is 32.9. The number of anilines is 5. The van der Waals surface area contributed by atoms with Gasteiger partial charge >= 0.3 is 0 Å². The molecular formula is C45H47BN2Si. The van der Waals surface area contributed by atoms with E-state index in [1.807, 2.05) is 0 Å². The van der Waals surface area contributed by atoms with Gasteiger partial charge in [-0.3, -0.25) is 0 Å². The van der Waals surface area contributed by atoms with Gasteiger partial charge in [0.1, 0.15) is 0 Å². The Bertz CT molecular complexity index is 2140. The zero-order valence-corrected chi connectivity index (χ0v) is 30.5. The van der Waals surface area contributed by atoms with Crippen LogP contribution in [-0.2, 0) is 32.1 Å². The largest absolute Gasteiger partial charge is 0.335 e. The topological polar surface area (TPSA) is 6.48 Å². The number of benzene rings is 5. The average Bonchev–Trinajstić information content (AvgIpc) is 3.14. The first-order valence-corrected chi connectivity index (χ1v) is 22.7. The van der Waals surface area contributed by atoms with Crippen molar-refractivity contribution in [3.63, 3.8) is 0 Å². The minimum Gasteiger partial charge on any atom is -0.335 e. The number of aryl methyl sites for hydroxylation is 3. The summed E-state index contributed by atoms with van der Waals surface area (Å²) < 4.78 is 0. The van der Waals surface area contributed by atoms with Crippen LogP contribution in [0.2, 0.25) is 19.6 Å². The summed E-state index contributed by atoms with van der Waals surface area (Å²) in [5, 5.41) is 1.57. The second-order valence-electron chi connectivity index (χ2n) is 16.4. The monoisotopic (exact) mass is 654 g/mol. The maximum atomic E-state index is 2.80. The summed E-state index contributed by atoms with van der Waals surface area (Å²) in [7, 11) is -1.57. The molecule has 2 heterocycles. The predicted molar refractivity (Wildman–Crippen MR) is 213 cm³/mol. The first-order chi connectivity index (χ1) is 24.0. The first kappa shape index (κ1) is 29.9. The molecule has 244 valence electrons. The van der Waals surface area contributed by atoms with Gasteiger partial charge in [0.05, 0.1) is 14.1 Å². The molecule has 0 spiro atoms. The quantitative estimate of drug-likeness (QED) is 0.176. The molecule has 5 aromatic carbocycles. The summed E-state index contributed by atoms with van der Waals surface area (Å²) in [5.41, 5.74) is 21.2. The van der Waals surface area contributed by atoms with E-state index in [0.717, 1.165) is 0 Å². The molecule has 0 bridgehead atoms. The Hall–Kier alpha value is -4.02. The van der Waals surface area contributed by atoms with E-state index in [-0.39, 0.29) is 6.71 Å². The molecule has 0 amide bonds. The van der Waals surface area contributed by atoms with Crippen LogP contribution < -0.4 is 31.4 Å². The molecular weight excluding hydrogens is 607 g/mol. The molecule has 0 fully saturated rings. The van der Waals surface area contributed by atoms with Crippen LogP contribution in [0.1, 0.15) is 77.9 Å². The van der Waals surface area contributed by atoms with Gasteiger partial charge in [0, 0.05) is 28.4 Å². The maximum absolute atomic E-state index is 2.80. The fourth-order valence-electron chi connectivity index (χ4n) is 10.4. The molecule has 1 unspecified atom stereocenters. The van der Waals surface area contributed by atoms with E-state index in [2.05, 4.69) is 120 Å². The van der Waals surface area contributed by atoms with Crippen molar-refractivity contribution in [1.82, 2.24) is 0 Å². The standard InChI is InChI=1S/C45H47BN2Si/c1-49(2,3)33-26-28-40-37(29-33)46-44-36-20-9-6-15-32(36)25-27-43(44)48(39-22-11-17-31-14-5-8-19-35(31)39)42-24-12-23-41(45(42)46)47(40)38-21-10-16-30-13-4-7-18-34(30)38/h4,7,11-13,17-18,22-29,38H,5-6,8-10,14-16,19-21H2,1-3H3. The highest BCUT2D eigenvalue weighted by atomic mass is 28.3. The van der Waals surface area contributed by atoms with Gasteiger partial charge in [-0.2, -0.15) is 0 Å². The molecule has 10 rings (SSSR count). The summed E-state index contributed by atoms with van der Waals surface area (Å²) in [4.78, 5) is 5.53. The van der Waals surface area contributed by atoms with Crippen LogP contribution in [0.3, 0.4) is 0 Å². The van der Waals surface area contributed by atoms with Crippen LogP contribution in [-0.4, -0.2) is 14.8 Å². The Labute approximate surface area is 294 Å². The normalized spacial score (nSPS) is 18.9. The van der Waals surface area contributed by atoms with Crippen molar-refractivity contribution in [3.05, 3.63) is 124 Å². The van der Waals surface area contributed by atoms with Gasteiger partial charge in [-0.25, -0.2) is 0 Å². The molecule has 1 atom stereocenters. The smallest absolute Gasteiger partial charge is 0.252 e. The number of fused-ring (bicyclic) bond motifs is 8. The van der Waals surface area contributed by atoms with Crippen LogP contribution in [0.5, 0.6) is 0 Å². The molecule has 2 nitrogen and oxygen atoms in total. The minimum absolute atomic E-state index is 0.242. The highest BCUT2D eigenvalue weighted by Crippen LogP contribution is 2.48. The third-order valence-corrected chi connectivity index (χ3v) is 14.7. The highest BCUT2D eigenvalue weighted by molar-refractivity contribution is 7.01. The van der Waals surface area contributed by atoms with Gasteiger partial charge in [-0.1, -0.05) is 85.5 Å². The fourth-order valence-corrected chi connectivity index (χ4v) is 11.5. The molecule has 5 aliphatic rings. The molecule has 5 aromatic rings. The van der Waals surface area contributed by atoms with Gasteiger partial charge in [-0.15, -0.1) is 0 Å². The van der Waals surface area contributed by atoms with Crippen LogP contribution in [0.4, 0.5) is 28.4 Å². The van der Waals surface area contributed by atoms with Crippen molar-refractivity contribution in [1.29, 1.82) is 0 Å². The molecule has 4 heteroatoms. The highest BCUT2D eigenvalue weighted by Gasteiger charge is 2.46. The van der Waals surface area contributed by atoms with Crippen molar-refractivity contribution in [2.45, 2.75) is 96.3 Å². The van der Waals surface area contributed by atoms with Crippen LogP contribution in [0.25, 0.3) is 0 Å². The molecule has 3 aliphatic carbocycles. The molecule has 0 saturated carbocycles. The molecule has 2 aliphatic heterocycles. The second kappa shape index (κ2) is 11.3. The molecule has 49 heavy (non-hydrogen) atoms. The van der Waals surface area contributed by atoms with Gasteiger partial charge in [0.15, 0.2) is 0 Å². The van der Waals surface area contributed by atoms with Crippen LogP contribution >= 0.6 is 0 Å². The van der Waals surface area contributed by atoms with E-state index in [1.54, 1.807) is 32.9 Å². The number of nitrogens with zero attached hydrogens (tertiary/aromatic N) is 2. The summed E-state index contributed by atoms with van der Waals surface area (Å²) in [6.45, 7) is 7.79. The maximum Gasteiger partial charge on any atom is 0.252 e. The first-order valence-electron chi connectivity index (χ1n) is 19.2. The Morgan fingerprint density at radius 3 is 2.06 bits per heavy atom. The van der Waals surface area contributed by atoms with E-state index in [9.17, 15) is 0 Å². The van der Waals surface area contributed by atoms with Gasteiger partial charge in [0.25, 0.3) is 6.71 Å². The van der Waals surface area contributed by atoms with Gasteiger partial charge in [-0.05, 0) is 151 Å². The third kappa shape index (κ3) is 4.52.